The summed E-state index contributed by atoms with van der Waals surface area (Å²) in [5.41, 5.74) is 3.85. The van der Waals surface area contributed by atoms with Gasteiger partial charge in [-0.3, -0.25) is 14.7 Å². The zero-order valence-corrected chi connectivity index (χ0v) is 20.5. The molecule has 1 aliphatic heterocycles. The first kappa shape index (κ1) is 24.5. The number of hydrogen-bond donors (Lipinski definition) is 4. The van der Waals surface area contributed by atoms with Crippen LogP contribution in [0.4, 0.5) is 4.79 Å². The number of nitrogens with zero attached hydrogens (tertiary/aromatic N) is 2. The fraction of sp³-hybridized carbons (Fsp3) is 0.357. The van der Waals surface area contributed by atoms with Gasteiger partial charge in [-0.1, -0.05) is 60.7 Å². The fourth-order valence-corrected chi connectivity index (χ4v) is 5.64. The molecule has 1 unspecified atom stereocenters. The van der Waals surface area contributed by atoms with Crippen LogP contribution in [0.3, 0.4) is 0 Å². The van der Waals surface area contributed by atoms with E-state index in [-0.39, 0.29) is 11.9 Å². The van der Waals surface area contributed by atoms with Crippen LogP contribution in [0.15, 0.2) is 66.9 Å². The van der Waals surface area contributed by atoms with Crippen LogP contribution in [0.25, 0.3) is 0 Å². The summed E-state index contributed by atoms with van der Waals surface area (Å²) in [7, 11) is 0. The molecule has 5 rings (SSSR count). The van der Waals surface area contributed by atoms with Gasteiger partial charge in [0.05, 0.1) is 6.20 Å². The largest absolute Gasteiger partial charge is 0.465 e. The van der Waals surface area contributed by atoms with E-state index in [9.17, 15) is 19.5 Å². The molecule has 1 aromatic heterocycles. The standard InChI is InChI=1S/C28H31N5O4/c34-26(30-21-13-14-22-20(16-21)17-29-32-22)23-12-7-15-33(23)27(35)25(31-28(36)37)24(18-8-3-1-4-9-18)19-10-5-2-6-11-19/h1-6,8-11,17,21,23-25,31H,7,12-16H2,(H,29,32)(H,30,34)(H,36,37)/t21?,23-,25+/m0/s1. The average Bonchev–Trinajstić information content (AvgIpc) is 3.59. The molecular weight excluding hydrogens is 470 g/mol. The molecule has 3 amide bonds. The summed E-state index contributed by atoms with van der Waals surface area (Å²) in [5, 5.41) is 22.4. The lowest BCUT2D eigenvalue weighted by Crippen LogP contribution is -2.56. The zero-order valence-electron chi connectivity index (χ0n) is 20.5. The molecule has 0 spiro atoms. The van der Waals surface area contributed by atoms with E-state index >= 15 is 0 Å². The normalized spacial score (nSPS) is 19.8. The van der Waals surface area contributed by atoms with E-state index in [0.29, 0.717) is 25.8 Å². The molecule has 9 nitrogen and oxygen atoms in total. The maximum Gasteiger partial charge on any atom is 0.405 e. The Kier molecular flexibility index (Phi) is 7.20. The van der Waals surface area contributed by atoms with Gasteiger partial charge < -0.3 is 20.6 Å². The molecule has 9 heteroatoms. The van der Waals surface area contributed by atoms with Crippen molar-refractivity contribution in [1.29, 1.82) is 0 Å². The van der Waals surface area contributed by atoms with E-state index < -0.39 is 30.0 Å². The van der Waals surface area contributed by atoms with Crippen molar-refractivity contribution in [1.82, 2.24) is 25.7 Å². The van der Waals surface area contributed by atoms with E-state index in [4.69, 9.17) is 0 Å². The van der Waals surface area contributed by atoms with E-state index in [1.807, 2.05) is 60.7 Å². The summed E-state index contributed by atoms with van der Waals surface area (Å²) >= 11 is 0. The van der Waals surface area contributed by atoms with Crippen molar-refractivity contribution in [2.75, 3.05) is 6.54 Å². The smallest absolute Gasteiger partial charge is 0.405 e. The maximum atomic E-state index is 14.0. The molecule has 2 heterocycles. The van der Waals surface area contributed by atoms with Gasteiger partial charge in [-0.2, -0.15) is 5.10 Å². The monoisotopic (exact) mass is 501 g/mol. The summed E-state index contributed by atoms with van der Waals surface area (Å²) in [6, 6.07) is 17.1. The Balaban J connectivity index is 1.39. The number of aromatic nitrogens is 2. The van der Waals surface area contributed by atoms with Crippen LogP contribution in [-0.4, -0.2) is 62.8 Å². The van der Waals surface area contributed by atoms with Gasteiger partial charge in [0.15, 0.2) is 0 Å². The highest BCUT2D eigenvalue weighted by Crippen LogP contribution is 2.31. The van der Waals surface area contributed by atoms with Gasteiger partial charge in [0, 0.05) is 24.2 Å². The predicted octanol–water partition coefficient (Wildman–Crippen LogP) is 2.84. The van der Waals surface area contributed by atoms with Gasteiger partial charge in [-0.25, -0.2) is 4.79 Å². The number of hydrogen-bond acceptors (Lipinski definition) is 4. The van der Waals surface area contributed by atoms with E-state index in [1.165, 1.54) is 0 Å². The Hall–Kier alpha value is -4.14. The fourth-order valence-electron chi connectivity index (χ4n) is 5.64. The van der Waals surface area contributed by atoms with Gasteiger partial charge in [0.2, 0.25) is 11.8 Å². The van der Waals surface area contributed by atoms with Crippen molar-refractivity contribution in [3.63, 3.8) is 0 Å². The minimum Gasteiger partial charge on any atom is -0.465 e. The van der Waals surface area contributed by atoms with E-state index in [1.54, 1.807) is 11.1 Å². The van der Waals surface area contributed by atoms with E-state index in [2.05, 4.69) is 20.8 Å². The van der Waals surface area contributed by atoms with Crippen LogP contribution in [0.1, 0.15) is 47.6 Å². The third kappa shape index (κ3) is 5.35. The number of H-pyrrole nitrogens is 1. The summed E-state index contributed by atoms with van der Waals surface area (Å²) in [5.74, 6) is -1.13. The molecule has 1 fully saturated rings. The predicted molar refractivity (Wildman–Crippen MR) is 137 cm³/mol. The third-order valence-electron chi connectivity index (χ3n) is 7.40. The van der Waals surface area contributed by atoms with Crippen LogP contribution >= 0.6 is 0 Å². The highest BCUT2D eigenvalue weighted by Gasteiger charge is 2.42. The highest BCUT2D eigenvalue weighted by atomic mass is 16.4. The molecule has 2 aromatic carbocycles. The number of carboxylic acid groups (broad SMARTS) is 1. The zero-order chi connectivity index (χ0) is 25.8. The Bertz CT molecular complexity index is 1210. The van der Waals surface area contributed by atoms with Crippen LogP contribution in [0.5, 0.6) is 0 Å². The molecule has 1 aliphatic carbocycles. The molecule has 0 saturated carbocycles. The Morgan fingerprint density at radius 3 is 2.32 bits per heavy atom. The third-order valence-corrected chi connectivity index (χ3v) is 7.40. The second kappa shape index (κ2) is 10.9. The Labute approximate surface area is 215 Å². The molecule has 3 atom stereocenters. The molecule has 3 aromatic rings. The number of benzene rings is 2. The number of nitrogens with one attached hydrogen (secondary N) is 3. The number of aromatic amines is 1. The van der Waals surface area contributed by atoms with Gasteiger partial charge >= 0.3 is 6.09 Å². The van der Waals surface area contributed by atoms with Crippen LogP contribution < -0.4 is 10.6 Å². The van der Waals surface area contributed by atoms with Gasteiger partial charge in [-0.15, -0.1) is 0 Å². The van der Waals surface area contributed by atoms with Crippen molar-refractivity contribution < 1.29 is 19.5 Å². The molecule has 4 N–H and O–H groups in total. The molecule has 192 valence electrons. The summed E-state index contributed by atoms with van der Waals surface area (Å²) < 4.78 is 0. The molecule has 1 saturated heterocycles. The summed E-state index contributed by atoms with van der Waals surface area (Å²) in [6.07, 6.45) is 4.06. The lowest BCUT2D eigenvalue weighted by atomic mass is 9.84. The first-order valence-corrected chi connectivity index (χ1v) is 12.7. The topological polar surface area (TPSA) is 127 Å². The van der Waals surface area contributed by atoms with Gasteiger partial charge in [0.1, 0.15) is 12.1 Å². The van der Waals surface area contributed by atoms with Crippen molar-refractivity contribution in [2.24, 2.45) is 0 Å². The first-order chi connectivity index (χ1) is 18.0. The van der Waals surface area contributed by atoms with Gasteiger partial charge in [0.25, 0.3) is 0 Å². The van der Waals surface area contributed by atoms with E-state index in [0.717, 1.165) is 35.2 Å². The van der Waals surface area contributed by atoms with Crippen molar-refractivity contribution in [2.45, 2.75) is 56.1 Å². The first-order valence-electron chi connectivity index (χ1n) is 12.7. The minimum atomic E-state index is -1.28. The number of carbonyl (C=O) groups excluding carboxylic acids is 2. The van der Waals surface area contributed by atoms with Crippen LogP contribution in [-0.2, 0) is 22.4 Å². The quantitative estimate of drug-likeness (QED) is 0.396. The maximum absolute atomic E-state index is 14.0. The van der Waals surface area contributed by atoms with Crippen molar-refractivity contribution >= 4 is 17.9 Å². The summed E-state index contributed by atoms with van der Waals surface area (Å²) in [6.45, 7) is 0.404. The van der Waals surface area contributed by atoms with Gasteiger partial charge in [-0.05, 0) is 48.8 Å². The molecule has 0 radical (unpaired) electrons. The lowest BCUT2D eigenvalue weighted by Gasteiger charge is -2.33. The molecular formula is C28H31N5O4. The number of aryl methyl sites for hydroxylation is 1. The number of rotatable bonds is 7. The number of amides is 3. The Morgan fingerprint density at radius 2 is 1.68 bits per heavy atom. The second-order valence-corrected chi connectivity index (χ2v) is 9.74. The van der Waals surface area contributed by atoms with Crippen molar-refractivity contribution in [3.8, 4) is 0 Å². The highest BCUT2D eigenvalue weighted by molar-refractivity contribution is 5.92. The second-order valence-electron chi connectivity index (χ2n) is 9.74. The number of fused-ring (bicyclic) bond motifs is 1. The number of likely N-dealkylation sites (tertiary alicyclic amines) is 1. The summed E-state index contributed by atoms with van der Waals surface area (Å²) in [4.78, 5) is 40.8. The number of carbonyl (C=O) groups is 3. The molecule has 2 aliphatic rings. The molecule has 37 heavy (non-hydrogen) atoms. The van der Waals surface area contributed by atoms with Crippen molar-refractivity contribution in [3.05, 3.63) is 89.2 Å². The average molecular weight is 502 g/mol. The Morgan fingerprint density at radius 1 is 1.00 bits per heavy atom. The van der Waals surface area contributed by atoms with Crippen LogP contribution in [0, 0.1) is 0 Å². The molecule has 0 bridgehead atoms. The lowest BCUT2D eigenvalue weighted by molar-refractivity contribution is -0.140. The minimum absolute atomic E-state index is 0.0236. The SMILES string of the molecule is O=C(O)N[C@@H](C(=O)N1CCC[C@H]1C(=O)NC1CCc2[nH]ncc2C1)C(c1ccccc1)c1ccccc1. The van der Waals surface area contributed by atoms with Crippen LogP contribution in [0.2, 0.25) is 0 Å².